The van der Waals surface area contributed by atoms with Crippen molar-refractivity contribution >= 4 is 47.5 Å². The normalized spacial score (nSPS) is 5.78. The van der Waals surface area contributed by atoms with Gasteiger partial charge in [0.05, 0.1) is 0 Å². The number of hydrogen-bond donors (Lipinski definition) is 0. The first-order chi connectivity index (χ1) is 3.46. The van der Waals surface area contributed by atoms with Crippen LogP contribution in [0.4, 0.5) is 0 Å². The molecule has 0 radical (unpaired) electrons. The molecule has 0 aliphatic heterocycles. The van der Waals surface area contributed by atoms with Crippen LogP contribution < -0.4 is 24.0 Å². The monoisotopic (exact) mass is 198 g/mol. The zero-order valence-corrected chi connectivity index (χ0v) is 8.45. The van der Waals surface area contributed by atoms with Crippen LogP contribution >= 0.6 is 30.1 Å². The molecule has 0 aromatic carbocycles. The molecule has 0 fully saturated rings. The van der Waals surface area contributed by atoms with E-state index in [9.17, 15) is 0 Å². The number of carboxylic acids is 1. The van der Waals surface area contributed by atoms with E-state index >= 15 is 0 Å². The van der Waals surface area contributed by atoms with Crippen molar-refractivity contribution in [1.82, 2.24) is 0 Å². The molecular formula is C2H3AlCl3LiO2. The molecule has 48 valence electrons. The summed E-state index contributed by atoms with van der Waals surface area (Å²) < 4.78 is 0. The molecule has 2 nitrogen and oxygen atoms in total. The van der Waals surface area contributed by atoms with Crippen LogP contribution in [-0.4, -0.2) is 17.4 Å². The minimum absolute atomic E-state index is 0. The number of carboxylic acid groups (broad SMARTS) is 1. The Hall–Kier alpha value is 1.47. The molecule has 0 N–H and O–H groups in total. The van der Waals surface area contributed by atoms with E-state index in [-0.39, 0.29) is 18.9 Å². The van der Waals surface area contributed by atoms with E-state index in [0.29, 0.717) is 0 Å². The van der Waals surface area contributed by atoms with Crippen LogP contribution in [0.1, 0.15) is 6.92 Å². The van der Waals surface area contributed by atoms with Crippen LogP contribution in [0.5, 0.6) is 0 Å². The first kappa shape index (κ1) is 16.8. The number of carbonyl (C=O) groups is 1. The molecule has 0 bridgehead atoms. The Morgan fingerprint density at radius 2 is 1.44 bits per heavy atom. The molecule has 0 spiro atoms. The van der Waals surface area contributed by atoms with Gasteiger partial charge in [0.15, 0.2) is 0 Å². The van der Waals surface area contributed by atoms with Crippen molar-refractivity contribution in [3.8, 4) is 0 Å². The van der Waals surface area contributed by atoms with Gasteiger partial charge in [-0.05, 0) is 6.92 Å². The third-order valence-electron chi connectivity index (χ3n) is 0. The second kappa shape index (κ2) is 12.2. The SMILES string of the molecule is CC(=O)[O-].[Cl][Al]([Cl])[Cl].[Li+]. The summed E-state index contributed by atoms with van der Waals surface area (Å²) in [6.45, 7) is 0.972. The molecule has 7 heteroatoms. The van der Waals surface area contributed by atoms with Crippen molar-refractivity contribution in [2.45, 2.75) is 6.92 Å². The van der Waals surface area contributed by atoms with Crippen LogP contribution in [0.15, 0.2) is 0 Å². The minimum Gasteiger partial charge on any atom is -0.550 e. The second-order valence-corrected chi connectivity index (χ2v) is 7.17. The Balaban J connectivity index is -0.0000000720. The van der Waals surface area contributed by atoms with Crippen molar-refractivity contribution in [3.63, 3.8) is 0 Å². The van der Waals surface area contributed by atoms with Crippen LogP contribution in [0, 0.1) is 0 Å². The standard InChI is InChI=1S/C2H4O2.Al.3ClH.Li/c1-2(3)4;;;;;/h1H3,(H,3,4);;3*1H;/q;+3;;;;+1/p-4. The average Bonchev–Trinajstić information content (AvgIpc) is 1.25. The van der Waals surface area contributed by atoms with Gasteiger partial charge >= 0.3 is 30.2 Å². The van der Waals surface area contributed by atoms with E-state index in [4.69, 9.17) is 40.0 Å². The predicted molar refractivity (Wildman–Crippen MR) is 34.0 cm³/mol. The molecule has 0 aliphatic rings. The summed E-state index contributed by atoms with van der Waals surface area (Å²) in [6.07, 6.45) is 0. The summed E-state index contributed by atoms with van der Waals surface area (Å²) >= 11 is -1.72. The predicted octanol–water partition coefficient (Wildman–Crippen LogP) is -2.55. The van der Waals surface area contributed by atoms with Gasteiger partial charge in [-0.3, -0.25) is 0 Å². The van der Waals surface area contributed by atoms with Crippen molar-refractivity contribution < 1.29 is 28.8 Å². The summed E-state index contributed by atoms with van der Waals surface area (Å²) in [7, 11) is 14.8. The van der Waals surface area contributed by atoms with E-state index in [1.165, 1.54) is 0 Å². The van der Waals surface area contributed by atoms with Crippen LogP contribution in [0.25, 0.3) is 0 Å². The second-order valence-electron chi connectivity index (χ2n) is 0.739. The van der Waals surface area contributed by atoms with Gasteiger partial charge in [0.25, 0.3) is 0 Å². The van der Waals surface area contributed by atoms with E-state index in [1.54, 1.807) is 0 Å². The molecule has 0 amide bonds. The maximum Gasteiger partial charge on any atom is 1.00 e. The largest absolute Gasteiger partial charge is 1.00 e. The van der Waals surface area contributed by atoms with Gasteiger partial charge in [-0.1, -0.05) is 0 Å². The zero-order valence-electron chi connectivity index (χ0n) is 5.03. The summed E-state index contributed by atoms with van der Waals surface area (Å²) in [6, 6.07) is 0. The summed E-state index contributed by atoms with van der Waals surface area (Å²) in [4.78, 5) is 8.89. The number of halogens is 3. The van der Waals surface area contributed by atoms with Gasteiger partial charge in [-0.2, -0.15) is 0 Å². The molecule has 0 heterocycles. The minimum atomic E-state index is -1.72. The molecule has 0 atom stereocenters. The zero-order chi connectivity index (χ0) is 7.15. The van der Waals surface area contributed by atoms with E-state index < -0.39 is 17.4 Å². The van der Waals surface area contributed by atoms with Crippen molar-refractivity contribution in [2.24, 2.45) is 0 Å². The van der Waals surface area contributed by atoms with E-state index in [2.05, 4.69) is 0 Å². The molecule has 0 aromatic rings. The smallest absolute Gasteiger partial charge is 0.550 e. The number of hydrogen-bond acceptors (Lipinski definition) is 2. The van der Waals surface area contributed by atoms with E-state index in [1.807, 2.05) is 0 Å². The average molecular weight is 199 g/mol. The fourth-order valence-corrected chi connectivity index (χ4v) is 0. The molecule has 0 saturated heterocycles. The molecule has 0 saturated carbocycles. The first-order valence-corrected chi connectivity index (χ1v) is 6.80. The maximum atomic E-state index is 8.89. The molecule has 0 aromatic heterocycles. The van der Waals surface area contributed by atoms with E-state index in [0.717, 1.165) is 6.92 Å². The van der Waals surface area contributed by atoms with Gasteiger partial charge < -0.3 is 9.90 Å². The van der Waals surface area contributed by atoms with Crippen LogP contribution in [0.3, 0.4) is 0 Å². The Morgan fingerprint density at radius 3 is 1.44 bits per heavy atom. The van der Waals surface area contributed by atoms with Gasteiger partial charge in [0.2, 0.25) is 0 Å². The van der Waals surface area contributed by atoms with Gasteiger partial charge in [0, 0.05) is 5.97 Å². The third kappa shape index (κ3) is 245. The number of aliphatic carboxylic acids is 1. The Morgan fingerprint density at radius 1 is 1.44 bits per heavy atom. The Labute approximate surface area is 82.6 Å². The fourth-order valence-electron chi connectivity index (χ4n) is 0. The molecule has 0 unspecified atom stereocenters. The summed E-state index contributed by atoms with van der Waals surface area (Å²) in [5.41, 5.74) is 0. The third-order valence-corrected chi connectivity index (χ3v) is 0. The summed E-state index contributed by atoms with van der Waals surface area (Å²) in [5, 5.41) is 8.89. The van der Waals surface area contributed by atoms with Gasteiger partial charge in [-0.25, -0.2) is 30.1 Å². The van der Waals surface area contributed by atoms with Crippen LogP contribution in [0.2, 0.25) is 0 Å². The molecular weight excluding hydrogens is 196 g/mol. The first-order valence-electron chi connectivity index (χ1n) is 1.56. The quantitative estimate of drug-likeness (QED) is 0.403. The Kier molecular flexibility index (Phi) is 22.8. The molecule has 0 rings (SSSR count). The fraction of sp³-hybridized carbons (Fsp3) is 0.500. The van der Waals surface area contributed by atoms with Crippen molar-refractivity contribution in [2.75, 3.05) is 0 Å². The maximum absolute atomic E-state index is 8.89. The van der Waals surface area contributed by atoms with Crippen LogP contribution in [-0.2, 0) is 4.79 Å². The number of carbonyl (C=O) groups excluding carboxylic acids is 1. The molecule has 9 heavy (non-hydrogen) atoms. The summed E-state index contributed by atoms with van der Waals surface area (Å²) in [5.74, 6) is -1.08. The Bertz CT molecular complexity index is 64.1. The van der Waals surface area contributed by atoms with Gasteiger partial charge in [-0.15, -0.1) is 0 Å². The topological polar surface area (TPSA) is 40.1 Å². The van der Waals surface area contributed by atoms with Crippen molar-refractivity contribution in [1.29, 1.82) is 0 Å². The molecule has 0 aliphatic carbocycles. The number of rotatable bonds is 0. The van der Waals surface area contributed by atoms with Gasteiger partial charge in [0.1, 0.15) is 0 Å². The van der Waals surface area contributed by atoms with Crippen molar-refractivity contribution in [3.05, 3.63) is 0 Å².